The minimum absolute atomic E-state index is 0.261. The maximum atomic E-state index is 12.9. The zero-order valence-corrected chi connectivity index (χ0v) is 21.2. The van der Waals surface area contributed by atoms with Gasteiger partial charge in [0.05, 0.1) is 7.11 Å². The summed E-state index contributed by atoms with van der Waals surface area (Å²) in [7, 11) is 1.23. The van der Waals surface area contributed by atoms with Crippen molar-refractivity contribution in [2.24, 2.45) is 5.92 Å². The molecule has 10 heteroatoms. The van der Waals surface area contributed by atoms with Crippen LogP contribution in [0.4, 0.5) is 9.59 Å². The van der Waals surface area contributed by atoms with Gasteiger partial charge in [-0.05, 0) is 60.8 Å². The van der Waals surface area contributed by atoms with Crippen molar-refractivity contribution in [3.63, 3.8) is 0 Å². The summed E-state index contributed by atoms with van der Waals surface area (Å²) in [6, 6.07) is -1.90. The summed E-state index contributed by atoms with van der Waals surface area (Å²) in [5, 5.41) is 7.83. The smallest absolute Gasteiger partial charge is 0.408 e. The number of nitrogens with one attached hydrogen (secondary N) is 3. The molecule has 3 amide bonds. The number of alkyl carbamates (subject to hydrolysis) is 2. The third-order valence-electron chi connectivity index (χ3n) is 4.25. The fourth-order valence-electron chi connectivity index (χ4n) is 2.62. The number of esters is 1. The first-order chi connectivity index (χ1) is 15.1. The lowest BCUT2D eigenvalue weighted by Gasteiger charge is -2.26. The van der Waals surface area contributed by atoms with Gasteiger partial charge in [0.15, 0.2) is 0 Å². The Balaban J connectivity index is 5.08. The topological polar surface area (TPSA) is 132 Å². The van der Waals surface area contributed by atoms with E-state index < -0.39 is 47.3 Å². The summed E-state index contributed by atoms with van der Waals surface area (Å²) < 4.78 is 15.2. The molecule has 0 aliphatic heterocycles. The Labute approximate surface area is 197 Å². The molecule has 3 atom stereocenters. The van der Waals surface area contributed by atoms with E-state index in [0.29, 0.717) is 19.4 Å². The minimum Gasteiger partial charge on any atom is -0.467 e. The molecule has 0 saturated carbocycles. The molecule has 0 radical (unpaired) electrons. The zero-order valence-electron chi connectivity index (χ0n) is 21.2. The lowest BCUT2D eigenvalue weighted by Crippen LogP contribution is -2.54. The van der Waals surface area contributed by atoms with E-state index in [1.807, 2.05) is 0 Å². The highest BCUT2D eigenvalue weighted by Crippen LogP contribution is 2.11. The SMILES string of the molecule is C=C[C@@H](C)[C@H](NC(=O)[C@H](CCCCNC(=O)OC(C)(C)C)NC(=O)OC(C)(C)C)C(=O)OC. The molecule has 0 fully saturated rings. The number of rotatable bonds is 11. The Morgan fingerprint density at radius 1 is 0.909 bits per heavy atom. The van der Waals surface area contributed by atoms with Gasteiger partial charge in [-0.1, -0.05) is 13.0 Å². The fraction of sp³-hybridized carbons (Fsp3) is 0.739. The maximum absolute atomic E-state index is 12.9. The second-order valence-electron chi connectivity index (χ2n) is 9.73. The summed E-state index contributed by atoms with van der Waals surface area (Å²) in [6.07, 6.45) is 1.56. The van der Waals surface area contributed by atoms with E-state index in [4.69, 9.17) is 14.2 Å². The number of methoxy groups -OCH3 is 1. The van der Waals surface area contributed by atoms with Crippen LogP contribution in [0.1, 0.15) is 67.7 Å². The predicted octanol–water partition coefficient (Wildman–Crippen LogP) is 3.05. The molecule has 0 heterocycles. The van der Waals surface area contributed by atoms with Gasteiger partial charge in [0, 0.05) is 12.5 Å². The van der Waals surface area contributed by atoms with E-state index >= 15 is 0 Å². The number of hydrogen-bond donors (Lipinski definition) is 3. The molecule has 0 aromatic rings. The first kappa shape index (κ1) is 30.2. The van der Waals surface area contributed by atoms with E-state index in [-0.39, 0.29) is 12.3 Å². The van der Waals surface area contributed by atoms with Crippen LogP contribution in [-0.2, 0) is 23.8 Å². The van der Waals surface area contributed by atoms with Crippen molar-refractivity contribution >= 4 is 24.1 Å². The van der Waals surface area contributed by atoms with Crippen LogP contribution in [0.25, 0.3) is 0 Å². The Hall–Kier alpha value is -2.78. The van der Waals surface area contributed by atoms with Gasteiger partial charge in [-0.15, -0.1) is 6.58 Å². The van der Waals surface area contributed by atoms with Crippen molar-refractivity contribution < 1.29 is 33.4 Å². The van der Waals surface area contributed by atoms with E-state index in [2.05, 4.69) is 22.5 Å². The summed E-state index contributed by atoms with van der Waals surface area (Å²) in [5.41, 5.74) is -1.34. The highest BCUT2D eigenvalue weighted by molar-refractivity contribution is 5.89. The summed E-state index contributed by atoms with van der Waals surface area (Å²) in [5.74, 6) is -1.56. The minimum atomic E-state index is -0.953. The number of carbonyl (C=O) groups is 4. The van der Waals surface area contributed by atoms with Crippen LogP contribution in [0.2, 0.25) is 0 Å². The van der Waals surface area contributed by atoms with Crippen LogP contribution < -0.4 is 16.0 Å². The van der Waals surface area contributed by atoms with Crippen LogP contribution in [0.15, 0.2) is 12.7 Å². The van der Waals surface area contributed by atoms with Crippen LogP contribution in [0.5, 0.6) is 0 Å². The highest BCUT2D eigenvalue weighted by atomic mass is 16.6. The highest BCUT2D eigenvalue weighted by Gasteiger charge is 2.30. The molecular weight excluding hydrogens is 430 g/mol. The van der Waals surface area contributed by atoms with Gasteiger partial charge >= 0.3 is 18.2 Å². The van der Waals surface area contributed by atoms with Gasteiger partial charge in [0.1, 0.15) is 23.3 Å². The molecule has 0 saturated heterocycles. The second-order valence-corrected chi connectivity index (χ2v) is 9.73. The van der Waals surface area contributed by atoms with Gasteiger partial charge in [-0.25, -0.2) is 14.4 Å². The molecule has 0 spiro atoms. The normalized spacial score (nSPS) is 14.2. The first-order valence-corrected chi connectivity index (χ1v) is 11.1. The first-order valence-electron chi connectivity index (χ1n) is 11.1. The Bertz CT molecular complexity index is 681. The van der Waals surface area contributed by atoms with Gasteiger partial charge in [-0.2, -0.15) is 0 Å². The Morgan fingerprint density at radius 2 is 1.45 bits per heavy atom. The summed E-state index contributed by atoms with van der Waals surface area (Å²) >= 11 is 0. The number of unbranched alkanes of at least 4 members (excludes halogenated alkanes) is 1. The van der Waals surface area contributed by atoms with Gasteiger partial charge in [0.25, 0.3) is 0 Å². The molecule has 10 nitrogen and oxygen atoms in total. The fourth-order valence-corrected chi connectivity index (χ4v) is 2.62. The maximum Gasteiger partial charge on any atom is 0.408 e. The van der Waals surface area contributed by atoms with E-state index in [9.17, 15) is 19.2 Å². The molecule has 0 aromatic heterocycles. The van der Waals surface area contributed by atoms with Gasteiger partial charge in [0.2, 0.25) is 5.91 Å². The zero-order chi connectivity index (χ0) is 25.8. The van der Waals surface area contributed by atoms with E-state index in [1.165, 1.54) is 13.2 Å². The second kappa shape index (κ2) is 13.7. The average molecular weight is 472 g/mol. The summed E-state index contributed by atoms with van der Waals surface area (Å²) in [6.45, 7) is 16.2. The molecule has 190 valence electrons. The van der Waals surface area contributed by atoms with Crippen molar-refractivity contribution in [2.45, 2.75) is 91.0 Å². The predicted molar refractivity (Wildman–Crippen MR) is 125 cm³/mol. The van der Waals surface area contributed by atoms with E-state index in [1.54, 1.807) is 48.5 Å². The number of hydrogen-bond acceptors (Lipinski definition) is 7. The van der Waals surface area contributed by atoms with Crippen LogP contribution in [0, 0.1) is 5.92 Å². The standard InChI is InChI=1S/C23H41N3O7/c1-10-15(2)17(19(28)31-9)26-18(27)16(25-21(30)33-23(6,7)8)13-11-12-14-24-20(29)32-22(3,4)5/h10,15-17H,1,11-14H2,2-9H3,(H,24,29)(H,25,30)(H,26,27)/t15-,16+,17+/m1/s1. The number of ether oxygens (including phenoxy) is 3. The molecule has 0 aromatic carbocycles. The molecule has 0 aliphatic carbocycles. The average Bonchev–Trinajstić information content (AvgIpc) is 2.66. The molecule has 33 heavy (non-hydrogen) atoms. The Kier molecular flexibility index (Phi) is 12.5. The molecule has 0 bridgehead atoms. The Morgan fingerprint density at radius 3 is 1.94 bits per heavy atom. The third-order valence-corrected chi connectivity index (χ3v) is 4.25. The van der Waals surface area contributed by atoms with Crippen molar-refractivity contribution in [3.8, 4) is 0 Å². The van der Waals surface area contributed by atoms with Crippen LogP contribution in [0.3, 0.4) is 0 Å². The van der Waals surface area contributed by atoms with Crippen LogP contribution in [-0.4, -0.2) is 61.0 Å². The molecule has 0 unspecified atom stereocenters. The molecule has 0 rings (SSSR count). The van der Waals surface area contributed by atoms with Crippen molar-refractivity contribution in [1.29, 1.82) is 0 Å². The van der Waals surface area contributed by atoms with E-state index in [0.717, 1.165) is 0 Å². The molecule has 0 aliphatic rings. The number of carbonyl (C=O) groups excluding carboxylic acids is 4. The lowest BCUT2D eigenvalue weighted by molar-refractivity contribution is -0.146. The number of amides is 3. The molecular formula is C23H41N3O7. The monoisotopic (exact) mass is 471 g/mol. The lowest BCUT2D eigenvalue weighted by atomic mass is 10.0. The summed E-state index contributed by atoms with van der Waals surface area (Å²) in [4.78, 5) is 49.0. The van der Waals surface area contributed by atoms with Gasteiger partial charge in [-0.3, -0.25) is 4.79 Å². The van der Waals surface area contributed by atoms with Crippen LogP contribution >= 0.6 is 0 Å². The third kappa shape index (κ3) is 14.1. The quantitative estimate of drug-likeness (QED) is 0.183. The molecule has 3 N–H and O–H groups in total. The van der Waals surface area contributed by atoms with Crippen molar-refractivity contribution in [2.75, 3.05) is 13.7 Å². The van der Waals surface area contributed by atoms with Crippen molar-refractivity contribution in [1.82, 2.24) is 16.0 Å². The van der Waals surface area contributed by atoms with Crippen molar-refractivity contribution in [3.05, 3.63) is 12.7 Å². The van der Waals surface area contributed by atoms with Gasteiger partial charge < -0.3 is 30.2 Å². The largest absolute Gasteiger partial charge is 0.467 e.